The molecule has 0 aliphatic rings. The van der Waals surface area contributed by atoms with Crippen LogP contribution in [0.2, 0.25) is 0 Å². The molecule has 3 heterocycles. The molecule has 0 aliphatic heterocycles. The maximum absolute atomic E-state index is 13.3. The zero-order chi connectivity index (χ0) is 34.5. The molecule has 1 atom stereocenters. The van der Waals surface area contributed by atoms with Gasteiger partial charge in [-0.3, -0.25) is 24.2 Å². The van der Waals surface area contributed by atoms with Crippen molar-refractivity contribution in [2.45, 2.75) is 25.4 Å². The van der Waals surface area contributed by atoms with Crippen LogP contribution >= 0.6 is 0 Å². The molecule has 15 nitrogen and oxygen atoms in total. The minimum absolute atomic E-state index is 0.0399. The summed E-state index contributed by atoms with van der Waals surface area (Å²) in [7, 11) is 0. The van der Waals surface area contributed by atoms with Crippen molar-refractivity contribution in [2.75, 3.05) is 11.1 Å². The van der Waals surface area contributed by atoms with Gasteiger partial charge in [0.1, 0.15) is 11.6 Å². The highest BCUT2D eigenvalue weighted by atomic mass is 16.5. The largest absolute Gasteiger partial charge is 0.480 e. The van der Waals surface area contributed by atoms with E-state index in [-0.39, 0.29) is 52.5 Å². The molecule has 6 rings (SSSR count). The number of H-pyrrole nitrogens is 1. The smallest absolute Gasteiger partial charge is 0.326 e. The van der Waals surface area contributed by atoms with Gasteiger partial charge in [0.2, 0.25) is 17.1 Å². The van der Waals surface area contributed by atoms with Gasteiger partial charge in [-0.05, 0) is 42.8 Å². The van der Waals surface area contributed by atoms with Crippen LogP contribution in [0.15, 0.2) is 99.1 Å². The van der Waals surface area contributed by atoms with Crippen LogP contribution in [-0.2, 0) is 16.1 Å². The van der Waals surface area contributed by atoms with Crippen molar-refractivity contribution in [3.05, 3.63) is 117 Å². The van der Waals surface area contributed by atoms with E-state index in [0.29, 0.717) is 22.5 Å². The zero-order valence-electron chi connectivity index (χ0n) is 25.5. The van der Waals surface area contributed by atoms with E-state index < -0.39 is 41.3 Å². The molecule has 0 radical (unpaired) electrons. The molecule has 0 saturated carbocycles. The summed E-state index contributed by atoms with van der Waals surface area (Å²) in [6.07, 6.45) is 0.717. The summed E-state index contributed by atoms with van der Waals surface area (Å²) in [5, 5.41) is 15.5. The van der Waals surface area contributed by atoms with E-state index in [2.05, 4.69) is 30.6 Å². The van der Waals surface area contributed by atoms with Gasteiger partial charge in [-0.1, -0.05) is 42.5 Å². The molecule has 0 bridgehead atoms. The summed E-state index contributed by atoms with van der Waals surface area (Å²) >= 11 is 0. The maximum Gasteiger partial charge on any atom is 0.326 e. The van der Waals surface area contributed by atoms with Crippen molar-refractivity contribution in [1.29, 1.82) is 0 Å². The third-order valence-electron chi connectivity index (χ3n) is 7.36. The van der Waals surface area contributed by atoms with Crippen LogP contribution in [0.25, 0.3) is 33.5 Å². The number of carbonyl (C=O) groups is 3. The molecule has 3 aromatic heterocycles. The molecule has 0 fully saturated rings. The number of nitrogens with one attached hydrogen (secondary N) is 3. The summed E-state index contributed by atoms with van der Waals surface area (Å²) in [6, 6.07) is 19.9. The molecule has 49 heavy (non-hydrogen) atoms. The van der Waals surface area contributed by atoms with Crippen LogP contribution in [0.1, 0.15) is 28.9 Å². The summed E-state index contributed by atoms with van der Waals surface area (Å²) in [5.74, 6) is -3.24. The van der Waals surface area contributed by atoms with Gasteiger partial charge in [0.15, 0.2) is 16.9 Å². The Morgan fingerprint density at radius 3 is 2.45 bits per heavy atom. The first kappa shape index (κ1) is 32.1. The fourth-order valence-electron chi connectivity index (χ4n) is 4.91. The summed E-state index contributed by atoms with van der Waals surface area (Å²) < 4.78 is 11.4. The molecular weight excluding hydrogens is 634 g/mol. The fraction of sp³-hybridized carbons (Fsp3) is 0.118. The highest BCUT2D eigenvalue weighted by Crippen LogP contribution is 2.31. The van der Waals surface area contributed by atoms with Gasteiger partial charge < -0.3 is 30.6 Å². The first-order chi connectivity index (χ1) is 23.7. The second-order valence-electron chi connectivity index (χ2n) is 10.7. The van der Waals surface area contributed by atoms with Gasteiger partial charge in [0.25, 0.3) is 11.5 Å². The Labute approximate surface area is 275 Å². The van der Waals surface area contributed by atoms with E-state index in [1.165, 1.54) is 18.3 Å². The van der Waals surface area contributed by atoms with Gasteiger partial charge in [-0.2, -0.15) is 4.98 Å². The van der Waals surface area contributed by atoms with Crippen LogP contribution in [0.3, 0.4) is 0 Å². The number of carbonyl (C=O) groups excluding carboxylic acids is 2. The number of aliphatic carboxylic acids is 1. The van der Waals surface area contributed by atoms with Crippen LogP contribution in [-0.4, -0.2) is 48.9 Å². The first-order valence-corrected chi connectivity index (χ1v) is 14.9. The molecule has 15 heteroatoms. The van der Waals surface area contributed by atoms with Gasteiger partial charge in [0, 0.05) is 23.2 Å². The number of ether oxygens (including phenoxy) is 1. The number of fused-ring (bicyclic) bond motifs is 2. The standard InChI is InChI=1S/C34H27N7O8/c35-34-40-30-26(32(45)41-34)38-21(17-37-30)16-36-20-12-10-19(11-13-20)31(44)39-23(33(46)47)14-15-25(42)49-29-27(43)22-8-4-5-9-24(22)48-28(29)18-6-2-1-3-7-18/h1-13,17,23,36H,14-16H2,(H,39,44)(H,46,47)(H3,35,37,40,41,45)/t23-/m0/s1. The van der Waals surface area contributed by atoms with Crippen molar-refractivity contribution < 1.29 is 28.6 Å². The first-order valence-electron chi connectivity index (χ1n) is 14.9. The third-order valence-corrected chi connectivity index (χ3v) is 7.36. The Bertz CT molecular complexity index is 2320. The Kier molecular flexibility index (Phi) is 9.06. The lowest BCUT2D eigenvalue weighted by Gasteiger charge is -2.15. The number of carboxylic acid groups (broad SMARTS) is 1. The van der Waals surface area contributed by atoms with E-state index in [1.54, 1.807) is 66.7 Å². The average Bonchev–Trinajstić information content (AvgIpc) is 3.10. The number of hydrogen-bond donors (Lipinski definition) is 5. The van der Waals surface area contributed by atoms with Gasteiger partial charge in [0.05, 0.1) is 23.8 Å². The highest BCUT2D eigenvalue weighted by molar-refractivity contribution is 5.97. The molecule has 1 amide bonds. The topological polar surface area (TPSA) is 232 Å². The van der Waals surface area contributed by atoms with Crippen molar-refractivity contribution in [3.8, 4) is 17.1 Å². The van der Waals surface area contributed by atoms with Crippen LogP contribution in [0.4, 0.5) is 11.6 Å². The Morgan fingerprint density at radius 2 is 1.69 bits per heavy atom. The van der Waals surface area contributed by atoms with Crippen molar-refractivity contribution in [1.82, 2.24) is 25.3 Å². The lowest BCUT2D eigenvalue weighted by atomic mass is 10.1. The number of esters is 1. The molecule has 6 N–H and O–H groups in total. The van der Waals surface area contributed by atoms with Gasteiger partial charge in [-0.25, -0.2) is 14.8 Å². The Hall–Kier alpha value is -6.90. The number of amides is 1. The number of para-hydroxylation sites is 1. The number of nitrogens with zero attached hydrogens (tertiary/aromatic N) is 3. The predicted octanol–water partition coefficient (Wildman–Crippen LogP) is 3.25. The van der Waals surface area contributed by atoms with Gasteiger partial charge >= 0.3 is 11.9 Å². The number of rotatable bonds is 11. The summed E-state index contributed by atoms with van der Waals surface area (Å²) in [4.78, 5) is 77.9. The van der Waals surface area contributed by atoms with E-state index in [0.717, 1.165) is 0 Å². The molecule has 6 aromatic rings. The van der Waals surface area contributed by atoms with E-state index in [4.69, 9.17) is 14.9 Å². The second kappa shape index (κ2) is 13.8. The van der Waals surface area contributed by atoms with E-state index >= 15 is 0 Å². The molecule has 0 spiro atoms. The Morgan fingerprint density at radius 1 is 0.959 bits per heavy atom. The van der Waals surface area contributed by atoms with Crippen molar-refractivity contribution in [2.24, 2.45) is 0 Å². The summed E-state index contributed by atoms with van der Waals surface area (Å²) in [6.45, 7) is 0.198. The van der Waals surface area contributed by atoms with E-state index in [9.17, 15) is 29.1 Å². The molecule has 246 valence electrons. The van der Waals surface area contributed by atoms with E-state index in [1.807, 2.05) is 0 Å². The SMILES string of the molecule is Nc1nc2ncc(CNc3ccc(C(=O)N[C@@H](CCC(=O)Oc4c(-c5ccccc5)oc5ccccc5c4=O)C(=O)O)cc3)nc2c(=O)[nH]1. The number of carboxylic acids is 1. The predicted molar refractivity (Wildman–Crippen MR) is 178 cm³/mol. The third kappa shape index (κ3) is 7.25. The number of anilines is 2. The highest BCUT2D eigenvalue weighted by Gasteiger charge is 2.25. The second-order valence-corrected chi connectivity index (χ2v) is 10.7. The number of aromatic nitrogens is 4. The fourth-order valence-corrected chi connectivity index (χ4v) is 4.91. The number of nitrogens with two attached hydrogens (primary N) is 1. The quantitative estimate of drug-likeness (QED) is 0.126. The maximum atomic E-state index is 13.3. The molecule has 0 saturated heterocycles. The number of hydrogen-bond acceptors (Lipinski definition) is 12. The molecule has 3 aromatic carbocycles. The van der Waals surface area contributed by atoms with Gasteiger partial charge in [-0.15, -0.1) is 0 Å². The van der Waals surface area contributed by atoms with Crippen molar-refractivity contribution in [3.63, 3.8) is 0 Å². The monoisotopic (exact) mass is 661 g/mol. The number of nitrogen functional groups attached to an aromatic ring is 1. The minimum Gasteiger partial charge on any atom is -0.480 e. The lowest BCUT2D eigenvalue weighted by Crippen LogP contribution is -2.41. The lowest BCUT2D eigenvalue weighted by molar-refractivity contribution is -0.140. The summed E-state index contributed by atoms with van der Waals surface area (Å²) in [5.41, 5.74) is 6.66. The van der Waals surface area contributed by atoms with Crippen molar-refractivity contribution >= 4 is 51.6 Å². The molecule has 0 unspecified atom stereocenters. The Balaban J connectivity index is 1.08. The molecular formula is C34H27N7O8. The average molecular weight is 662 g/mol. The van der Waals surface area contributed by atoms with Crippen LogP contribution < -0.4 is 32.1 Å². The molecule has 0 aliphatic carbocycles. The number of aromatic amines is 1. The normalized spacial score (nSPS) is 11.6. The zero-order valence-corrected chi connectivity index (χ0v) is 25.5. The van der Waals surface area contributed by atoms with Crippen LogP contribution in [0.5, 0.6) is 5.75 Å². The minimum atomic E-state index is -1.43. The number of benzene rings is 3. The van der Waals surface area contributed by atoms with Crippen LogP contribution in [0, 0.1) is 0 Å².